The molecule has 0 saturated carbocycles. The van der Waals surface area contributed by atoms with Crippen molar-refractivity contribution in [1.82, 2.24) is 0 Å². The molecule has 0 saturated heterocycles. The van der Waals surface area contributed by atoms with Crippen LogP contribution in [0.25, 0.3) is 23.3 Å². The number of fused-ring (bicyclic) bond motifs is 2. The molecular weight excluding hydrogens is 941 g/mol. The molecule has 0 fully saturated rings. The molecule has 0 heterocycles. The molecule has 6 rings (SSSR count). The topological polar surface area (TPSA) is 330 Å². The molecule has 302 valence electrons. The van der Waals surface area contributed by atoms with Crippen molar-refractivity contribution in [3.05, 3.63) is 105 Å². The Hall–Kier alpha value is -2.12. The Morgan fingerprint density at radius 3 is 1.11 bits per heavy atom. The molecule has 2 N–H and O–H groups in total. The van der Waals surface area contributed by atoms with Crippen molar-refractivity contribution >= 4 is 87.0 Å². The van der Waals surface area contributed by atoms with Gasteiger partial charge in [0.25, 0.3) is 0 Å². The Kier molecular flexibility index (Phi) is 19.4. The largest absolute Gasteiger partial charge is 1.00 e. The summed E-state index contributed by atoms with van der Waals surface area (Å²) in [6.45, 7) is 0. The van der Waals surface area contributed by atoms with Gasteiger partial charge in [0, 0.05) is 11.1 Å². The van der Waals surface area contributed by atoms with Crippen LogP contribution in [0, 0.1) is 0 Å². The van der Waals surface area contributed by atoms with Gasteiger partial charge in [-0.15, -0.1) is 0 Å². The van der Waals surface area contributed by atoms with E-state index in [0.29, 0.717) is 23.3 Å². The summed E-state index contributed by atoms with van der Waals surface area (Å²) >= 11 is 0. The molecule has 0 radical (unpaired) electrons. The number of anilines is 2. The van der Waals surface area contributed by atoms with E-state index >= 15 is 0 Å². The summed E-state index contributed by atoms with van der Waals surface area (Å²) in [5, 5.41) is 8.00. The van der Waals surface area contributed by atoms with Crippen LogP contribution >= 0.6 is 0 Å². The molecule has 62 heavy (non-hydrogen) atoms. The zero-order valence-corrected chi connectivity index (χ0v) is 44.4. The molecule has 4 aromatic rings. The Morgan fingerprint density at radius 1 is 0.484 bits per heavy atom. The third kappa shape index (κ3) is 12.2. The second-order valence-electron chi connectivity index (χ2n) is 12.0. The molecule has 0 atom stereocenters. The molecule has 0 aromatic heterocycles. The van der Waals surface area contributed by atoms with E-state index in [1.165, 1.54) is 38.5 Å². The van der Waals surface area contributed by atoms with Crippen molar-refractivity contribution in [2.45, 2.75) is 9.79 Å². The molecule has 0 bridgehead atoms. The van der Waals surface area contributed by atoms with E-state index in [1.54, 1.807) is 12.1 Å². The third-order valence-corrected chi connectivity index (χ3v) is 11.8. The van der Waals surface area contributed by atoms with E-state index in [9.17, 15) is 61.5 Å². The number of hydrogen-bond donors (Lipinski definition) is 2. The minimum atomic E-state index is -5.38. The third-order valence-electron chi connectivity index (χ3n) is 8.44. The van der Waals surface area contributed by atoms with E-state index < -0.39 is 83.1 Å². The maximum absolute atomic E-state index is 13.1. The number of Topliss-reactive ketones (excluding diaryl/α,β-unsaturated/α-hetero) is 2. The summed E-state index contributed by atoms with van der Waals surface area (Å²) in [5.41, 5.74) is 4.52. The van der Waals surface area contributed by atoms with E-state index in [0.717, 1.165) is 36.4 Å². The Balaban J connectivity index is 0.00000331. The summed E-state index contributed by atoms with van der Waals surface area (Å²) < 4.78 is 152. The van der Waals surface area contributed by atoms with Gasteiger partial charge in [-0.3, -0.25) is 20.4 Å². The number of ether oxygens (including phenoxy) is 2. The fraction of sp³-hybridized carbons (Fsp3) is 0.0588. The van der Waals surface area contributed by atoms with Crippen molar-refractivity contribution in [3.63, 3.8) is 0 Å². The van der Waals surface area contributed by atoms with Crippen LogP contribution in [0.15, 0.2) is 103 Å². The zero-order valence-electron chi connectivity index (χ0n) is 33.1. The van der Waals surface area contributed by atoms with Gasteiger partial charge in [-0.05, 0) is 82.9 Å². The summed E-state index contributed by atoms with van der Waals surface area (Å²) in [5.74, 6) is -2.36. The van der Waals surface area contributed by atoms with E-state index in [4.69, 9.17) is 9.47 Å². The SMILES string of the molecule is COc1cc(-c2ccc(NN=C3C(=O)C(S(=O)(=O)[O-])=Cc4cc(S(=O)(=O)[O-])ccc43)c(OC)c2)ccc1NN=C1C(=O)C(S(=O)(=O)[O-])=Cc2cc(S(=O)(=O)[O-])ccc21.[Na+].[Na+].[Na+].[Na+]. The van der Waals surface area contributed by atoms with Crippen LogP contribution in [-0.4, -0.2) is 89.1 Å². The van der Waals surface area contributed by atoms with Crippen LogP contribution in [0.5, 0.6) is 11.5 Å². The van der Waals surface area contributed by atoms with Crippen LogP contribution in [0.2, 0.25) is 0 Å². The number of nitrogens with one attached hydrogen (secondary N) is 2. The fourth-order valence-corrected chi connectivity index (χ4v) is 7.91. The van der Waals surface area contributed by atoms with Crippen LogP contribution in [0.1, 0.15) is 22.3 Å². The second-order valence-corrected chi connectivity index (χ2v) is 17.4. The molecule has 20 nitrogen and oxygen atoms in total. The molecule has 2 aliphatic rings. The number of carbonyl (C=O) groups excluding carboxylic acids is 2. The number of nitrogens with zero attached hydrogens (tertiary/aromatic N) is 2. The quantitative estimate of drug-likeness (QED) is 0.0801. The van der Waals surface area contributed by atoms with Crippen LogP contribution < -0.4 is 139 Å². The van der Waals surface area contributed by atoms with Gasteiger partial charge in [-0.25, -0.2) is 33.7 Å². The fourth-order valence-electron chi connectivity index (χ4n) is 5.71. The summed E-state index contributed by atoms with van der Waals surface area (Å²) in [6, 6.07) is 14.6. The number of hydrogen-bond acceptors (Lipinski definition) is 20. The van der Waals surface area contributed by atoms with Crippen molar-refractivity contribution < 1.29 is 189 Å². The second kappa shape index (κ2) is 21.5. The monoisotopic (exact) mass is 962 g/mol. The summed E-state index contributed by atoms with van der Waals surface area (Å²) in [6.07, 6.45) is 1.30. The number of allylic oxidation sites excluding steroid dienone is 2. The Labute approximate surface area is 442 Å². The number of rotatable bonds is 11. The van der Waals surface area contributed by atoms with Crippen molar-refractivity contribution in [3.8, 4) is 22.6 Å². The molecule has 4 aromatic carbocycles. The number of methoxy groups -OCH3 is 2. The van der Waals surface area contributed by atoms with Crippen molar-refractivity contribution in [1.29, 1.82) is 0 Å². The minimum Gasteiger partial charge on any atom is -0.744 e. The minimum absolute atomic E-state index is 0. The van der Waals surface area contributed by atoms with Gasteiger partial charge >= 0.3 is 118 Å². The molecular formula is C34H22N4Na4O16S4. The molecule has 0 aliphatic heterocycles. The van der Waals surface area contributed by atoms with Gasteiger partial charge < -0.3 is 27.7 Å². The number of hydrazone groups is 2. The van der Waals surface area contributed by atoms with Crippen LogP contribution in [0.3, 0.4) is 0 Å². The first-order chi connectivity index (χ1) is 27.0. The zero-order chi connectivity index (χ0) is 42.5. The maximum Gasteiger partial charge on any atom is 1.00 e. The first-order valence-corrected chi connectivity index (χ1v) is 21.3. The molecule has 0 unspecified atom stereocenters. The van der Waals surface area contributed by atoms with Gasteiger partial charge in [-0.2, -0.15) is 10.2 Å². The van der Waals surface area contributed by atoms with E-state index in [1.807, 2.05) is 0 Å². The van der Waals surface area contributed by atoms with Crippen molar-refractivity contribution in [2.75, 3.05) is 25.1 Å². The van der Waals surface area contributed by atoms with Gasteiger partial charge in [-0.1, -0.05) is 24.3 Å². The average molecular weight is 963 g/mol. The van der Waals surface area contributed by atoms with Gasteiger partial charge in [0.2, 0.25) is 11.6 Å². The maximum atomic E-state index is 13.1. The molecule has 0 spiro atoms. The smallest absolute Gasteiger partial charge is 0.744 e. The first-order valence-electron chi connectivity index (χ1n) is 15.7. The number of ketones is 2. The first kappa shape index (κ1) is 56.0. The normalized spacial score (nSPS) is 14.9. The average Bonchev–Trinajstić information content (AvgIpc) is 3.14. The number of benzene rings is 4. The van der Waals surface area contributed by atoms with E-state index in [2.05, 4.69) is 21.1 Å². The Morgan fingerprint density at radius 2 is 0.823 bits per heavy atom. The van der Waals surface area contributed by atoms with Crippen LogP contribution in [-0.2, 0) is 50.1 Å². The van der Waals surface area contributed by atoms with Gasteiger partial charge in [0.05, 0.1) is 35.4 Å². The predicted octanol–water partition coefficient (Wildman–Crippen LogP) is -10.2. The molecule has 28 heteroatoms. The summed E-state index contributed by atoms with van der Waals surface area (Å²) in [7, 11) is -18.2. The van der Waals surface area contributed by atoms with E-state index in [-0.39, 0.29) is 163 Å². The summed E-state index contributed by atoms with van der Waals surface area (Å²) in [4.78, 5) is 22.2. The van der Waals surface area contributed by atoms with Gasteiger partial charge in [0.15, 0.2) is 0 Å². The van der Waals surface area contributed by atoms with Crippen molar-refractivity contribution in [2.24, 2.45) is 10.2 Å². The predicted molar refractivity (Wildman–Crippen MR) is 199 cm³/mol. The van der Waals surface area contributed by atoms with Gasteiger partial charge in [0.1, 0.15) is 73.2 Å². The Bertz CT molecular complexity index is 2880. The standard InChI is InChI=1S/C34H26N4O16S4.4Na/c1-53-27-13-17(3-9-25(27)35-37-31-23-7-5-21(55(41,42)43)11-19(23)15-29(33(31)39)57(47,48)49)18-4-10-26(28(14-18)54-2)36-38-32-24-8-6-22(56(44,45)46)12-20(24)16-30(34(32)40)58(50,51)52;;;;/h3-16,35-36H,1-2H3,(H,41,42,43)(H,44,45,46)(H,47,48,49)(H,50,51,52);;;;/q;4*+1/p-4. The van der Waals surface area contributed by atoms with Crippen LogP contribution in [0.4, 0.5) is 11.4 Å². The number of carbonyl (C=O) groups is 2. The molecule has 0 amide bonds. The molecule has 2 aliphatic carbocycles.